The highest BCUT2D eigenvalue weighted by atomic mass is 16.6. The van der Waals surface area contributed by atoms with Gasteiger partial charge >= 0.3 is 6.08 Å². The van der Waals surface area contributed by atoms with Crippen LogP contribution < -0.4 is 4.74 Å². The third kappa shape index (κ3) is 8.04. The van der Waals surface area contributed by atoms with E-state index in [1.807, 2.05) is 70.2 Å². The summed E-state index contributed by atoms with van der Waals surface area (Å²) in [6.45, 7) is 13.3. The number of aromatic hydroxyl groups is 3. The molecule has 58 heavy (non-hydrogen) atoms. The Kier molecular flexibility index (Phi) is 10.7. The van der Waals surface area contributed by atoms with Crippen LogP contribution in [-0.2, 0) is 13.1 Å². The van der Waals surface area contributed by atoms with Gasteiger partial charge in [0.2, 0.25) is 0 Å². The van der Waals surface area contributed by atoms with E-state index in [9.17, 15) is 15.3 Å². The summed E-state index contributed by atoms with van der Waals surface area (Å²) in [5.74, 6) is 0.952. The van der Waals surface area contributed by atoms with E-state index >= 15 is 0 Å². The zero-order chi connectivity index (χ0) is 40.5. The first-order chi connectivity index (χ1) is 28.0. The van der Waals surface area contributed by atoms with Crippen LogP contribution in [0.15, 0.2) is 101 Å². The second-order valence-electron chi connectivity index (χ2n) is 15.5. The number of oxazole rings is 2. The first-order valence-corrected chi connectivity index (χ1v) is 19.5. The zero-order valence-corrected chi connectivity index (χ0v) is 33.3. The van der Waals surface area contributed by atoms with Crippen molar-refractivity contribution >= 4 is 0 Å². The van der Waals surface area contributed by atoms with Gasteiger partial charge in [-0.2, -0.15) is 10.1 Å². The van der Waals surface area contributed by atoms with Crippen LogP contribution >= 0.6 is 0 Å². The van der Waals surface area contributed by atoms with Crippen molar-refractivity contribution in [2.75, 3.05) is 33.2 Å². The van der Waals surface area contributed by atoms with Gasteiger partial charge in [-0.1, -0.05) is 64.1 Å². The average Bonchev–Trinajstić information content (AvgIpc) is 3.98. The first-order valence-electron chi connectivity index (χ1n) is 19.5. The number of piperazine rings is 1. The maximum atomic E-state index is 11.6. The molecule has 0 aliphatic carbocycles. The summed E-state index contributed by atoms with van der Waals surface area (Å²) in [5, 5.41) is 37.7. The van der Waals surface area contributed by atoms with Crippen LogP contribution in [0.25, 0.3) is 45.2 Å². The molecule has 298 valence electrons. The van der Waals surface area contributed by atoms with Crippen LogP contribution in [0.4, 0.5) is 0 Å². The molecule has 13 heteroatoms. The molecule has 3 aromatic heterocycles. The number of nitrogens with zero attached hydrogens (tertiary/aromatic N) is 7. The molecular formula is C45H47N7O6. The lowest BCUT2D eigenvalue weighted by atomic mass is 9.96. The number of hydrogen-bond donors (Lipinski definition) is 3. The SMILES string of the molecule is CC(C)c1cc(-c2nc(Oc3cc(O)c(-c4ncoc4-c4cccc(Cn5cncn5)c4)cc3C(C)C)oc2-c2cccc(CN3CCN(C)CC3)c2)c(O)cc1O. The second-order valence-corrected chi connectivity index (χ2v) is 15.5. The number of ether oxygens (including phenoxy) is 1. The Morgan fingerprint density at radius 1 is 0.724 bits per heavy atom. The van der Waals surface area contributed by atoms with Crippen molar-refractivity contribution in [1.82, 2.24) is 34.5 Å². The number of likely N-dealkylation sites (N-methyl/N-ethyl adjacent to an activating group) is 1. The molecule has 0 unspecified atom stereocenters. The summed E-state index contributed by atoms with van der Waals surface area (Å²) in [5.41, 5.74) is 6.79. The summed E-state index contributed by atoms with van der Waals surface area (Å²) < 4.78 is 20.5. The van der Waals surface area contributed by atoms with Crippen LogP contribution in [-0.4, -0.2) is 83.1 Å². The maximum absolute atomic E-state index is 11.6. The molecule has 13 nitrogen and oxygen atoms in total. The molecule has 0 atom stereocenters. The normalized spacial score (nSPS) is 13.8. The number of hydrogen-bond acceptors (Lipinski definition) is 12. The molecule has 1 saturated heterocycles. The van der Waals surface area contributed by atoms with Gasteiger partial charge in [0.25, 0.3) is 0 Å². The lowest BCUT2D eigenvalue weighted by Gasteiger charge is -2.32. The second kappa shape index (κ2) is 16.2. The molecule has 7 aromatic rings. The molecule has 1 aliphatic heterocycles. The molecule has 0 radical (unpaired) electrons. The van der Waals surface area contributed by atoms with Crippen molar-refractivity contribution in [1.29, 1.82) is 0 Å². The van der Waals surface area contributed by atoms with Gasteiger partial charge in [-0.05, 0) is 65.4 Å². The van der Waals surface area contributed by atoms with Gasteiger partial charge < -0.3 is 33.8 Å². The molecule has 3 N–H and O–H groups in total. The van der Waals surface area contributed by atoms with Crippen molar-refractivity contribution in [3.8, 4) is 74.2 Å². The maximum Gasteiger partial charge on any atom is 0.400 e. The lowest BCUT2D eigenvalue weighted by molar-refractivity contribution is 0.148. The topological polar surface area (TPSA) is 159 Å². The molecular weight excluding hydrogens is 735 g/mol. The quantitative estimate of drug-likeness (QED) is 0.108. The Balaban J connectivity index is 1.16. The minimum absolute atomic E-state index is 0.00108. The van der Waals surface area contributed by atoms with E-state index in [0.29, 0.717) is 51.9 Å². The number of benzene rings is 4. The van der Waals surface area contributed by atoms with E-state index in [2.05, 4.69) is 44.0 Å². The smallest absolute Gasteiger partial charge is 0.400 e. The summed E-state index contributed by atoms with van der Waals surface area (Å²) in [6, 6.07) is 22.5. The zero-order valence-electron chi connectivity index (χ0n) is 33.3. The van der Waals surface area contributed by atoms with Gasteiger partial charge in [0.15, 0.2) is 17.9 Å². The lowest BCUT2D eigenvalue weighted by Crippen LogP contribution is -2.43. The minimum atomic E-state index is -0.145. The summed E-state index contributed by atoms with van der Waals surface area (Å²) >= 11 is 0. The van der Waals surface area contributed by atoms with Crippen molar-refractivity contribution in [2.24, 2.45) is 0 Å². The third-order valence-electron chi connectivity index (χ3n) is 10.6. The molecule has 0 saturated carbocycles. The summed E-state index contributed by atoms with van der Waals surface area (Å²) in [4.78, 5) is 18.2. The van der Waals surface area contributed by atoms with Crippen LogP contribution in [0.1, 0.15) is 61.8 Å². The van der Waals surface area contributed by atoms with Gasteiger partial charge in [0, 0.05) is 67.1 Å². The minimum Gasteiger partial charge on any atom is -0.508 e. The van der Waals surface area contributed by atoms with Crippen molar-refractivity contribution in [3.05, 3.63) is 114 Å². The van der Waals surface area contributed by atoms with E-state index in [1.54, 1.807) is 23.1 Å². The molecule has 0 spiro atoms. The highest BCUT2D eigenvalue weighted by Gasteiger charge is 2.26. The number of phenols is 3. The van der Waals surface area contributed by atoms with E-state index in [4.69, 9.17) is 18.6 Å². The fourth-order valence-electron chi connectivity index (χ4n) is 7.41. The van der Waals surface area contributed by atoms with E-state index < -0.39 is 0 Å². The number of phenolic OH excluding ortho intramolecular Hbond substituents is 3. The van der Waals surface area contributed by atoms with Crippen molar-refractivity contribution < 1.29 is 28.9 Å². The van der Waals surface area contributed by atoms with Gasteiger partial charge in [0.1, 0.15) is 47.0 Å². The standard InChI is InChI=1S/C45H47N7O6/c1-27(2)33-18-36(38(54)20-37(33)53)42-44(32-11-6-8-29(16-32)22-51-14-12-50(5)13-15-51)58-45(49-42)57-40-21-39(55)35(19-34(40)28(3)4)41-43(56-26-47-41)31-10-7-9-30(17-31)23-52-25-46-24-48-52/h6-11,16-21,24-28,53-55H,12-15,22-23H2,1-5H3. The van der Waals surface area contributed by atoms with Crippen LogP contribution in [0, 0.1) is 0 Å². The van der Waals surface area contributed by atoms with Crippen molar-refractivity contribution in [3.63, 3.8) is 0 Å². The van der Waals surface area contributed by atoms with Gasteiger partial charge in [0.05, 0.1) is 6.54 Å². The Labute approximate surface area is 336 Å². The molecule has 0 amide bonds. The molecule has 1 fully saturated rings. The highest BCUT2D eigenvalue weighted by Crippen LogP contribution is 2.46. The Morgan fingerprint density at radius 3 is 2.07 bits per heavy atom. The average molecular weight is 782 g/mol. The molecule has 0 bridgehead atoms. The van der Waals surface area contributed by atoms with E-state index in [0.717, 1.165) is 60.5 Å². The largest absolute Gasteiger partial charge is 0.508 e. The Morgan fingerprint density at radius 2 is 1.38 bits per heavy atom. The Bertz CT molecular complexity index is 2530. The predicted octanol–water partition coefficient (Wildman–Crippen LogP) is 8.87. The van der Waals surface area contributed by atoms with E-state index in [1.165, 1.54) is 18.8 Å². The highest BCUT2D eigenvalue weighted by molar-refractivity contribution is 5.83. The number of rotatable bonds is 12. The summed E-state index contributed by atoms with van der Waals surface area (Å²) in [6.07, 6.45) is 4.45. The van der Waals surface area contributed by atoms with Crippen LogP contribution in [0.2, 0.25) is 0 Å². The summed E-state index contributed by atoms with van der Waals surface area (Å²) in [7, 11) is 2.14. The van der Waals surface area contributed by atoms with Gasteiger partial charge in [-0.15, -0.1) is 0 Å². The van der Waals surface area contributed by atoms with E-state index in [-0.39, 0.29) is 35.2 Å². The first kappa shape index (κ1) is 38.4. The Hall–Kier alpha value is -6.44. The number of aromatic nitrogens is 5. The molecule has 4 aromatic carbocycles. The molecule has 8 rings (SSSR count). The molecule has 4 heterocycles. The van der Waals surface area contributed by atoms with Gasteiger partial charge in [-0.25, -0.2) is 14.6 Å². The molecule has 1 aliphatic rings. The fraction of sp³-hybridized carbons (Fsp3) is 0.289. The van der Waals surface area contributed by atoms with Crippen LogP contribution in [0.5, 0.6) is 29.1 Å². The monoisotopic (exact) mass is 781 g/mol. The van der Waals surface area contributed by atoms with Crippen molar-refractivity contribution in [2.45, 2.75) is 52.6 Å². The predicted molar refractivity (Wildman–Crippen MR) is 220 cm³/mol. The van der Waals surface area contributed by atoms with Gasteiger partial charge in [-0.3, -0.25) is 4.90 Å². The van der Waals surface area contributed by atoms with Crippen LogP contribution in [0.3, 0.4) is 0 Å². The third-order valence-corrected chi connectivity index (χ3v) is 10.6. The fourth-order valence-corrected chi connectivity index (χ4v) is 7.41.